The molecule has 0 aliphatic carbocycles. The zero-order chi connectivity index (χ0) is 13.1. The second-order valence-corrected chi connectivity index (χ2v) is 5.57. The number of benzene rings is 1. The SMILES string of the molecule is Cc1nc(C)c(COc2cccc([C@@H](C)O)c2)s1. The second-order valence-electron chi connectivity index (χ2n) is 4.28. The molecule has 0 amide bonds. The number of nitrogens with zero attached hydrogens (tertiary/aromatic N) is 1. The summed E-state index contributed by atoms with van der Waals surface area (Å²) in [4.78, 5) is 5.52. The number of hydrogen-bond acceptors (Lipinski definition) is 4. The first-order valence-corrected chi connectivity index (χ1v) is 6.71. The highest BCUT2D eigenvalue weighted by molar-refractivity contribution is 7.11. The van der Waals surface area contributed by atoms with Crippen LogP contribution in [0.2, 0.25) is 0 Å². The predicted molar refractivity (Wildman–Crippen MR) is 73.0 cm³/mol. The summed E-state index contributed by atoms with van der Waals surface area (Å²) < 4.78 is 5.74. The van der Waals surface area contributed by atoms with E-state index < -0.39 is 6.10 Å². The Kier molecular flexibility index (Phi) is 3.99. The topological polar surface area (TPSA) is 42.4 Å². The predicted octanol–water partition coefficient (Wildman–Crippen LogP) is 3.39. The van der Waals surface area contributed by atoms with Crippen LogP contribution in [-0.2, 0) is 6.61 Å². The number of rotatable bonds is 4. The minimum atomic E-state index is -0.471. The molecule has 0 unspecified atom stereocenters. The van der Waals surface area contributed by atoms with Gasteiger partial charge in [-0.3, -0.25) is 0 Å². The number of ether oxygens (including phenoxy) is 1. The first-order chi connectivity index (χ1) is 8.56. The van der Waals surface area contributed by atoms with E-state index in [0.717, 1.165) is 26.9 Å². The highest BCUT2D eigenvalue weighted by atomic mass is 32.1. The van der Waals surface area contributed by atoms with E-state index in [1.54, 1.807) is 18.3 Å². The van der Waals surface area contributed by atoms with Crippen molar-refractivity contribution in [2.24, 2.45) is 0 Å². The van der Waals surface area contributed by atoms with Gasteiger partial charge in [0, 0.05) is 0 Å². The lowest BCUT2D eigenvalue weighted by molar-refractivity contribution is 0.198. The minimum absolute atomic E-state index is 0.471. The van der Waals surface area contributed by atoms with Crippen molar-refractivity contribution in [1.82, 2.24) is 4.98 Å². The molecule has 0 aliphatic heterocycles. The van der Waals surface area contributed by atoms with Crippen LogP contribution in [0.15, 0.2) is 24.3 Å². The van der Waals surface area contributed by atoms with Crippen molar-refractivity contribution in [1.29, 1.82) is 0 Å². The summed E-state index contributed by atoms with van der Waals surface area (Å²) in [6.45, 7) is 6.26. The van der Waals surface area contributed by atoms with E-state index in [1.807, 2.05) is 38.1 Å². The Balaban J connectivity index is 2.06. The fraction of sp³-hybridized carbons (Fsp3) is 0.357. The van der Waals surface area contributed by atoms with Crippen LogP contribution in [0.25, 0.3) is 0 Å². The molecule has 0 saturated carbocycles. The molecule has 0 saturated heterocycles. The van der Waals surface area contributed by atoms with Crippen molar-refractivity contribution >= 4 is 11.3 Å². The Morgan fingerprint density at radius 1 is 1.39 bits per heavy atom. The molecule has 2 aromatic rings. The highest BCUT2D eigenvalue weighted by Gasteiger charge is 2.06. The van der Waals surface area contributed by atoms with Gasteiger partial charge >= 0.3 is 0 Å². The van der Waals surface area contributed by atoms with Crippen LogP contribution in [-0.4, -0.2) is 10.1 Å². The van der Waals surface area contributed by atoms with Gasteiger partial charge in [0.2, 0.25) is 0 Å². The van der Waals surface area contributed by atoms with Crippen LogP contribution >= 0.6 is 11.3 Å². The van der Waals surface area contributed by atoms with Gasteiger partial charge in [-0.2, -0.15) is 0 Å². The molecule has 4 heteroatoms. The fourth-order valence-corrected chi connectivity index (χ4v) is 2.57. The molecule has 3 nitrogen and oxygen atoms in total. The highest BCUT2D eigenvalue weighted by Crippen LogP contribution is 2.22. The van der Waals surface area contributed by atoms with E-state index in [1.165, 1.54) is 0 Å². The maximum Gasteiger partial charge on any atom is 0.124 e. The summed E-state index contributed by atoms with van der Waals surface area (Å²) >= 11 is 1.66. The molecule has 1 heterocycles. The Hall–Kier alpha value is -1.39. The third-order valence-electron chi connectivity index (χ3n) is 2.71. The molecule has 0 bridgehead atoms. The van der Waals surface area contributed by atoms with Crippen molar-refractivity contribution in [2.75, 3.05) is 0 Å². The van der Waals surface area contributed by atoms with Gasteiger partial charge in [-0.1, -0.05) is 12.1 Å². The number of aliphatic hydroxyl groups excluding tert-OH is 1. The fourth-order valence-electron chi connectivity index (χ4n) is 1.72. The van der Waals surface area contributed by atoms with Crippen molar-refractivity contribution in [2.45, 2.75) is 33.5 Å². The van der Waals surface area contributed by atoms with Gasteiger partial charge in [0.05, 0.1) is 21.7 Å². The van der Waals surface area contributed by atoms with Gasteiger partial charge in [-0.05, 0) is 38.5 Å². The molecule has 0 aliphatic rings. The lowest BCUT2D eigenvalue weighted by atomic mass is 10.1. The number of hydrogen-bond donors (Lipinski definition) is 1. The molecule has 0 radical (unpaired) electrons. The molecule has 2 rings (SSSR count). The molecule has 18 heavy (non-hydrogen) atoms. The lowest BCUT2D eigenvalue weighted by Crippen LogP contribution is -1.97. The van der Waals surface area contributed by atoms with Gasteiger partial charge in [-0.15, -0.1) is 11.3 Å². The number of aryl methyl sites for hydroxylation is 2. The summed E-state index contributed by atoms with van der Waals surface area (Å²) in [7, 11) is 0. The maximum absolute atomic E-state index is 9.52. The van der Waals surface area contributed by atoms with E-state index in [-0.39, 0.29) is 0 Å². The molecular formula is C14H17NO2S. The van der Waals surface area contributed by atoms with Crippen LogP contribution in [0.1, 0.15) is 34.2 Å². The first-order valence-electron chi connectivity index (χ1n) is 5.90. The largest absolute Gasteiger partial charge is 0.488 e. The lowest BCUT2D eigenvalue weighted by Gasteiger charge is -2.09. The average molecular weight is 263 g/mol. The molecule has 0 spiro atoms. The molecular weight excluding hydrogens is 246 g/mol. The molecule has 1 aromatic carbocycles. The van der Waals surface area contributed by atoms with E-state index in [9.17, 15) is 5.11 Å². The van der Waals surface area contributed by atoms with E-state index in [2.05, 4.69) is 4.98 Å². The Morgan fingerprint density at radius 3 is 2.78 bits per heavy atom. The van der Waals surface area contributed by atoms with Crippen molar-refractivity contribution in [3.63, 3.8) is 0 Å². The van der Waals surface area contributed by atoms with Crippen LogP contribution in [0.4, 0.5) is 0 Å². The third-order valence-corrected chi connectivity index (χ3v) is 3.76. The summed E-state index contributed by atoms with van der Waals surface area (Å²) in [5, 5.41) is 10.6. The monoisotopic (exact) mass is 263 g/mol. The van der Waals surface area contributed by atoms with E-state index in [0.29, 0.717) is 6.61 Å². The van der Waals surface area contributed by atoms with Gasteiger partial charge in [0.1, 0.15) is 12.4 Å². The van der Waals surface area contributed by atoms with Gasteiger partial charge in [0.25, 0.3) is 0 Å². The number of aromatic nitrogens is 1. The van der Waals surface area contributed by atoms with Crippen LogP contribution in [0, 0.1) is 13.8 Å². The molecule has 1 N–H and O–H groups in total. The third kappa shape index (κ3) is 3.09. The average Bonchev–Trinajstić information content (AvgIpc) is 2.65. The Morgan fingerprint density at radius 2 is 2.17 bits per heavy atom. The summed E-state index contributed by atoms with van der Waals surface area (Å²) in [6, 6.07) is 7.55. The summed E-state index contributed by atoms with van der Waals surface area (Å²) in [5.41, 5.74) is 1.90. The molecule has 1 atom stereocenters. The summed E-state index contributed by atoms with van der Waals surface area (Å²) in [5.74, 6) is 0.777. The number of aliphatic hydroxyl groups is 1. The van der Waals surface area contributed by atoms with Crippen molar-refractivity contribution in [3.05, 3.63) is 45.4 Å². The molecule has 1 aromatic heterocycles. The zero-order valence-corrected chi connectivity index (χ0v) is 11.6. The zero-order valence-electron chi connectivity index (χ0n) is 10.8. The van der Waals surface area contributed by atoms with E-state index >= 15 is 0 Å². The van der Waals surface area contributed by atoms with Gasteiger partial charge in [-0.25, -0.2) is 4.98 Å². The Bertz CT molecular complexity index is 534. The number of thiazole rings is 1. The molecule has 96 valence electrons. The van der Waals surface area contributed by atoms with Crippen LogP contribution in [0.3, 0.4) is 0 Å². The van der Waals surface area contributed by atoms with Crippen molar-refractivity contribution in [3.8, 4) is 5.75 Å². The van der Waals surface area contributed by atoms with E-state index in [4.69, 9.17) is 4.74 Å². The second kappa shape index (κ2) is 5.50. The van der Waals surface area contributed by atoms with Crippen LogP contribution < -0.4 is 4.74 Å². The molecule has 0 fully saturated rings. The first kappa shape index (κ1) is 13.1. The van der Waals surface area contributed by atoms with Gasteiger partial charge < -0.3 is 9.84 Å². The van der Waals surface area contributed by atoms with Crippen LogP contribution in [0.5, 0.6) is 5.75 Å². The maximum atomic E-state index is 9.52. The standard InChI is InChI=1S/C14H17NO2S/c1-9-14(18-11(3)15-9)8-17-13-6-4-5-12(7-13)10(2)16/h4-7,10,16H,8H2,1-3H3/t10-/m1/s1. The minimum Gasteiger partial charge on any atom is -0.488 e. The van der Waals surface area contributed by atoms with Gasteiger partial charge in [0.15, 0.2) is 0 Å². The smallest absolute Gasteiger partial charge is 0.124 e. The van der Waals surface area contributed by atoms with Crippen molar-refractivity contribution < 1.29 is 9.84 Å². The Labute approximate surface area is 111 Å². The quantitative estimate of drug-likeness (QED) is 0.919. The summed E-state index contributed by atoms with van der Waals surface area (Å²) in [6.07, 6.45) is -0.471. The normalized spacial score (nSPS) is 12.4.